The van der Waals surface area contributed by atoms with Gasteiger partial charge in [-0.2, -0.15) is 0 Å². The lowest BCUT2D eigenvalue weighted by Crippen LogP contribution is -2.28. The second kappa shape index (κ2) is 9.52. The van der Waals surface area contributed by atoms with Crippen molar-refractivity contribution in [3.8, 4) is 11.4 Å². The number of rotatable bonds is 8. The van der Waals surface area contributed by atoms with Gasteiger partial charge in [0.05, 0.1) is 11.8 Å². The fourth-order valence-corrected chi connectivity index (χ4v) is 3.54. The molecule has 144 valence electrons. The van der Waals surface area contributed by atoms with Gasteiger partial charge in [-0.15, -0.1) is 16.8 Å². The van der Waals surface area contributed by atoms with Gasteiger partial charge in [0.2, 0.25) is 5.91 Å². The van der Waals surface area contributed by atoms with Crippen LogP contribution in [0.25, 0.3) is 11.4 Å². The van der Waals surface area contributed by atoms with E-state index in [9.17, 15) is 4.79 Å². The highest BCUT2D eigenvalue weighted by Crippen LogP contribution is 2.24. The second-order valence-corrected chi connectivity index (χ2v) is 7.45. The summed E-state index contributed by atoms with van der Waals surface area (Å²) in [5.74, 6) is 0.884. The molecule has 1 N–H and O–H groups in total. The first-order valence-corrected chi connectivity index (χ1v) is 10.1. The van der Waals surface area contributed by atoms with Gasteiger partial charge in [-0.3, -0.25) is 14.3 Å². The first-order valence-electron chi connectivity index (χ1n) is 8.70. The molecule has 2 aromatic heterocycles. The summed E-state index contributed by atoms with van der Waals surface area (Å²) in [7, 11) is 0. The third-order valence-corrected chi connectivity index (χ3v) is 5.27. The molecule has 0 bridgehead atoms. The minimum atomic E-state index is -0.108. The maximum absolute atomic E-state index is 12.4. The van der Waals surface area contributed by atoms with Crippen LogP contribution in [-0.2, 0) is 11.3 Å². The fraction of sp³-hybridized carbons (Fsp3) is 0.200. The number of nitrogens with one attached hydrogen (secondary N) is 1. The normalized spacial score (nSPS) is 11.8. The SMILES string of the molecule is C=CCn1c(SCC(=O)NC(C)c2ccc(Cl)cc2)nnc1-c1ccncc1. The Hall–Kier alpha value is -2.64. The van der Waals surface area contributed by atoms with Gasteiger partial charge >= 0.3 is 0 Å². The molecule has 3 rings (SSSR count). The Morgan fingerprint density at radius 3 is 2.64 bits per heavy atom. The summed E-state index contributed by atoms with van der Waals surface area (Å²) < 4.78 is 1.93. The van der Waals surface area contributed by atoms with Crippen LogP contribution in [0.2, 0.25) is 5.02 Å². The van der Waals surface area contributed by atoms with E-state index in [2.05, 4.69) is 27.1 Å². The standard InChI is InChI=1S/C20H20ClN5OS/c1-3-12-26-19(16-8-10-22-11-9-16)24-25-20(26)28-13-18(27)23-14(2)15-4-6-17(21)7-5-15/h3-11,14H,1,12-13H2,2H3,(H,23,27). The molecule has 3 aromatic rings. The van der Waals surface area contributed by atoms with E-state index in [4.69, 9.17) is 11.6 Å². The quantitative estimate of drug-likeness (QED) is 0.443. The molecule has 0 saturated carbocycles. The van der Waals surface area contributed by atoms with Crippen LogP contribution in [0.3, 0.4) is 0 Å². The van der Waals surface area contributed by atoms with Crippen LogP contribution in [0, 0.1) is 0 Å². The Kier molecular flexibility index (Phi) is 6.84. The van der Waals surface area contributed by atoms with Crippen molar-refractivity contribution in [1.82, 2.24) is 25.1 Å². The molecule has 1 unspecified atom stereocenters. The first-order chi connectivity index (χ1) is 13.6. The van der Waals surface area contributed by atoms with E-state index >= 15 is 0 Å². The Bertz CT molecular complexity index is 943. The monoisotopic (exact) mass is 413 g/mol. The van der Waals surface area contributed by atoms with Gasteiger partial charge < -0.3 is 5.32 Å². The zero-order valence-corrected chi connectivity index (χ0v) is 17.0. The van der Waals surface area contributed by atoms with E-state index in [-0.39, 0.29) is 17.7 Å². The van der Waals surface area contributed by atoms with E-state index in [0.717, 1.165) is 17.0 Å². The molecule has 0 aliphatic rings. The van der Waals surface area contributed by atoms with Gasteiger partial charge in [0.25, 0.3) is 0 Å². The van der Waals surface area contributed by atoms with E-state index in [1.165, 1.54) is 11.8 Å². The fourth-order valence-electron chi connectivity index (χ4n) is 2.65. The minimum absolute atomic E-state index is 0.0777. The van der Waals surface area contributed by atoms with Crippen molar-refractivity contribution < 1.29 is 4.79 Å². The molecule has 6 nitrogen and oxygen atoms in total. The molecule has 8 heteroatoms. The summed E-state index contributed by atoms with van der Waals surface area (Å²) in [4.78, 5) is 16.4. The van der Waals surface area contributed by atoms with Crippen molar-refractivity contribution in [2.45, 2.75) is 24.7 Å². The lowest BCUT2D eigenvalue weighted by Gasteiger charge is -2.14. The number of amides is 1. The van der Waals surface area contributed by atoms with E-state index in [1.54, 1.807) is 18.5 Å². The summed E-state index contributed by atoms with van der Waals surface area (Å²) >= 11 is 7.25. The van der Waals surface area contributed by atoms with Crippen molar-refractivity contribution >= 4 is 29.3 Å². The molecule has 0 radical (unpaired) electrons. The predicted molar refractivity (Wildman–Crippen MR) is 112 cm³/mol. The number of thioether (sulfide) groups is 1. The number of carbonyl (C=O) groups excluding carboxylic acids is 1. The molecular weight excluding hydrogens is 394 g/mol. The molecule has 0 fully saturated rings. The topological polar surface area (TPSA) is 72.7 Å². The zero-order chi connectivity index (χ0) is 19.9. The van der Waals surface area contributed by atoms with E-state index in [0.29, 0.717) is 16.7 Å². The van der Waals surface area contributed by atoms with Crippen LogP contribution in [0.5, 0.6) is 0 Å². The van der Waals surface area contributed by atoms with Crippen LogP contribution in [-0.4, -0.2) is 31.4 Å². The molecule has 0 aliphatic heterocycles. The van der Waals surface area contributed by atoms with Crippen molar-refractivity contribution in [3.63, 3.8) is 0 Å². The van der Waals surface area contributed by atoms with Crippen LogP contribution < -0.4 is 5.32 Å². The minimum Gasteiger partial charge on any atom is -0.349 e. The Morgan fingerprint density at radius 1 is 1.25 bits per heavy atom. The van der Waals surface area contributed by atoms with Gasteiger partial charge in [-0.25, -0.2) is 0 Å². The Labute approximate surface area is 173 Å². The highest BCUT2D eigenvalue weighted by molar-refractivity contribution is 7.99. The Balaban J connectivity index is 1.65. The van der Waals surface area contributed by atoms with Crippen LogP contribution in [0.1, 0.15) is 18.5 Å². The maximum Gasteiger partial charge on any atom is 0.230 e. The average Bonchev–Trinajstić information content (AvgIpc) is 3.10. The van der Waals surface area contributed by atoms with Gasteiger partial charge in [-0.05, 0) is 36.8 Å². The lowest BCUT2D eigenvalue weighted by atomic mass is 10.1. The van der Waals surface area contributed by atoms with Crippen molar-refractivity contribution in [3.05, 3.63) is 72.0 Å². The van der Waals surface area contributed by atoms with Crippen LogP contribution >= 0.6 is 23.4 Å². The van der Waals surface area contributed by atoms with Gasteiger partial charge in [0, 0.05) is 29.5 Å². The summed E-state index contributed by atoms with van der Waals surface area (Å²) in [5.41, 5.74) is 1.91. The second-order valence-electron chi connectivity index (χ2n) is 6.07. The molecule has 1 atom stereocenters. The first kappa shape index (κ1) is 20.1. The zero-order valence-electron chi connectivity index (χ0n) is 15.4. The molecule has 0 aliphatic carbocycles. The van der Waals surface area contributed by atoms with Crippen LogP contribution in [0.4, 0.5) is 0 Å². The number of carbonyl (C=O) groups is 1. The molecular formula is C20H20ClN5OS. The van der Waals surface area contributed by atoms with Crippen molar-refractivity contribution in [1.29, 1.82) is 0 Å². The number of halogens is 1. The number of hydrogen-bond acceptors (Lipinski definition) is 5. The third kappa shape index (κ3) is 4.99. The van der Waals surface area contributed by atoms with Gasteiger partial charge in [0.1, 0.15) is 0 Å². The molecule has 28 heavy (non-hydrogen) atoms. The molecule has 2 heterocycles. The lowest BCUT2D eigenvalue weighted by molar-refractivity contribution is -0.119. The van der Waals surface area contributed by atoms with Crippen LogP contribution in [0.15, 0.2) is 66.6 Å². The maximum atomic E-state index is 12.4. The number of allylic oxidation sites excluding steroid dienone is 1. The molecule has 1 amide bonds. The number of aromatic nitrogens is 4. The summed E-state index contributed by atoms with van der Waals surface area (Å²) in [6.45, 7) is 6.29. The van der Waals surface area contributed by atoms with Gasteiger partial charge in [-0.1, -0.05) is 41.6 Å². The summed E-state index contributed by atoms with van der Waals surface area (Å²) in [5, 5.41) is 12.8. The largest absolute Gasteiger partial charge is 0.349 e. The third-order valence-electron chi connectivity index (χ3n) is 4.05. The molecule has 0 saturated heterocycles. The highest BCUT2D eigenvalue weighted by atomic mass is 35.5. The summed E-state index contributed by atoms with van der Waals surface area (Å²) in [6.07, 6.45) is 5.20. The number of pyridine rings is 1. The van der Waals surface area contributed by atoms with Crippen molar-refractivity contribution in [2.24, 2.45) is 0 Å². The van der Waals surface area contributed by atoms with E-state index < -0.39 is 0 Å². The number of benzene rings is 1. The molecule has 0 spiro atoms. The predicted octanol–water partition coefficient (Wildman–Crippen LogP) is 4.15. The van der Waals surface area contributed by atoms with E-state index in [1.807, 2.05) is 47.9 Å². The smallest absolute Gasteiger partial charge is 0.230 e. The summed E-state index contributed by atoms with van der Waals surface area (Å²) in [6, 6.07) is 11.1. The highest BCUT2D eigenvalue weighted by Gasteiger charge is 2.16. The number of hydrogen-bond donors (Lipinski definition) is 1. The number of nitrogens with zero attached hydrogens (tertiary/aromatic N) is 4. The average molecular weight is 414 g/mol. The van der Waals surface area contributed by atoms with Gasteiger partial charge in [0.15, 0.2) is 11.0 Å². The van der Waals surface area contributed by atoms with Crippen molar-refractivity contribution in [2.75, 3.05) is 5.75 Å². The molecule has 1 aromatic carbocycles. The Morgan fingerprint density at radius 2 is 1.96 bits per heavy atom.